The Kier molecular flexibility index (Phi) is 6.44. The van der Waals surface area contributed by atoms with Gasteiger partial charge in [-0.3, -0.25) is 10.2 Å². The number of likely N-dealkylation sites (N-methyl/N-ethyl adjacent to an activating group) is 1. The van der Waals surface area contributed by atoms with E-state index in [2.05, 4.69) is 11.9 Å². The number of imidazole rings is 1. The Labute approximate surface area is 192 Å². The first kappa shape index (κ1) is 21.9. The number of hydrogen-bond donors (Lipinski definition) is 2. The fraction of sp³-hybridized carbons (Fsp3) is 0.200. The van der Waals surface area contributed by atoms with Crippen molar-refractivity contribution in [2.45, 2.75) is 19.6 Å². The summed E-state index contributed by atoms with van der Waals surface area (Å²) in [5.74, 6) is -0.0523. The number of nitrogen functional groups attached to an aromatic ring is 1. The van der Waals surface area contributed by atoms with Crippen LogP contribution in [0.15, 0.2) is 72.8 Å². The Morgan fingerprint density at radius 3 is 2.25 bits per heavy atom. The summed E-state index contributed by atoms with van der Waals surface area (Å²) in [4.78, 5) is 15.1. The molecule has 0 saturated heterocycles. The third kappa shape index (κ3) is 4.77. The lowest BCUT2D eigenvalue weighted by Crippen LogP contribution is -2.31. The first-order chi connectivity index (χ1) is 15.4. The second kappa shape index (κ2) is 9.42. The molecule has 0 bridgehead atoms. The van der Waals surface area contributed by atoms with E-state index < -0.39 is 0 Å². The van der Waals surface area contributed by atoms with Crippen molar-refractivity contribution in [3.05, 3.63) is 94.6 Å². The van der Waals surface area contributed by atoms with E-state index in [0.29, 0.717) is 22.7 Å². The number of anilines is 1. The second-order valence-electron chi connectivity index (χ2n) is 7.96. The first-order valence-corrected chi connectivity index (χ1v) is 10.8. The zero-order valence-electron chi connectivity index (χ0n) is 18.0. The maximum Gasteiger partial charge on any atom is 0.203 e. The molecule has 32 heavy (non-hydrogen) atoms. The van der Waals surface area contributed by atoms with E-state index in [0.717, 1.165) is 29.8 Å². The number of nitrogens with zero attached hydrogens (tertiary/aromatic N) is 3. The van der Waals surface area contributed by atoms with Crippen LogP contribution in [0, 0.1) is 5.41 Å². The lowest BCUT2D eigenvalue weighted by molar-refractivity contribution is 0.0971. The van der Waals surface area contributed by atoms with Gasteiger partial charge in [0.15, 0.2) is 5.78 Å². The molecule has 4 aromatic rings. The molecule has 4 rings (SSSR count). The number of benzene rings is 3. The van der Waals surface area contributed by atoms with Crippen molar-refractivity contribution in [1.29, 1.82) is 5.41 Å². The molecule has 0 aliphatic carbocycles. The van der Waals surface area contributed by atoms with E-state index in [1.807, 2.05) is 53.1 Å². The highest BCUT2D eigenvalue weighted by molar-refractivity contribution is 6.30. The number of carbonyl (C=O) groups excluding carboxylic acids is 1. The minimum absolute atomic E-state index is 0.0523. The van der Waals surface area contributed by atoms with Crippen LogP contribution in [0.25, 0.3) is 11.0 Å². The van der Waals surface area contributed by atoms with E-state index >= 15 is 0 Å². The van der Waals surface area contributed by atoms with Crippen LogP contribution in [0.1, 0.15) is 15.9 Å². The number of hydrogen-bond acceptors (Lipinski definition) is 4. The van der Waals surface area contributed by atoms with Crippen LogP contribution in [0.5, 0.6) is 0 Å². The van der Waals surface area contributed by atoms with Crippen LogP contribution < -0.4 is 11.4 Å². The summed E-state index contributed by atoms with van der Waals surface area (Å²) in [6.07, 6.45) is 0. The molecule has 6 nitrogen and oxygen atoms in total. The van der Waals surface area contributed by atoms with E-state index in [1.165, 1.54) is 5.56 Å². The maximum absolute atomic E-state index is 12.9. The molecule has 0 saturated carbocycles. The monoisotopic (exact) mass is 447 g/mol. The Morgan fingerprint density at radius 1 is 0.969 bits per heavy atom. The van der Waals surface area contributed by atoms with Crippen LogP contribution in [-0.2, 0) is 19.6 Å². The molecule has 0 unspecified atom stereocenters. The standard InChI is InChI=1S/C25H26ClN5O/c1-29(16-18-6-12-21(27)13-7-18)14-15-30-22-4-2-3-5-23(22)31(25(30)28)17-24(32)19-8-10-20(26)11-9-19/h2-13,28H,14-17,27H2,1H3. The van der Waals surface area contributed by atoms with Crippen molar-refractivity contribution in [3.8, 4) is 0 Å². The van der Waals surface area contributed by atoms with Crippen molar-refractivity contribution in [2.75, 3.05) is 19.3 Å². The molecule has 7 heteroatoms. The van der Waals surface area contributed by atoms with Gasteiger partial charge in [0, 0.05) is 35.9 Å². The summed E-state index contributed by atoms with van der Waals surface area (Å²) in [5.41, 5.74) is 10.4. The summed E-state index contributed by atoms with van der Waals surface area (Å²) in [7, 11) is 2.06. The number of rotatable bonds is 8. The zero-order chi connectivity index (χ0) is 22.7. The number of fused-ring (bicyclic) bond motifs is 1. The van der Waals surface area contributed by atoms with Crippen molar-refractivity contribution in [2.24, 2.45) is 0 Å². The molecule has 0 atom stereocenters. The normalized spacial score (nSPS) is 11.3. The number of aromatic nitrogens is 2. The van der Waals surface area contributed by atoms with Crippen LogP contribution >= 0.6 is 11.6 Å². The van der Waals surface area contributed by atoms with Gasteiger partial charge in [-0.05, 0) is 61.1 Å². The molecule has 1 aromatic heterocycles. The second-order valence-corrected chi connectivity index (χ2v) is 8.40. The fourth-order valence-corrected chi connectivity index (χ4v) is 3.96. The molecule has 0 aliphatic rings. The van der Waals surface area contributed by atoms with Crippen LogP contribution in [0.2, 0.25) is 5.02 Å². The summed E-state index contributed by atoms with van der Waals surface area (Å²) < 4.78 is 3.73. The van der Waals surface area contributed by atoms with E-state index in [1.54, 1.807) is 28.8 Å². The molecule has 0 spiro atoms. The molecular formula is C25H26ClN5O. The van der Waals surface area contributed by atoms with Crippen molar-refractivity contribution in [1.82, 2.24) is 14.0 Å². The maximum atomic E-state index is 12.9. The summed E-state index contributed by atoms with van der Waals surface area (Å²) in [6, 6.07) is 22.6. The smallest absolute Gasteiger partial charge is 0.203 e. The molecule has 3 aromatic carbocycles. The van der Waals surface area contributed by atoms with Gasteiger partial charge in [0.25, 0.3) is 0 Å². The highest BCUT2D eigenvalue weighted by Crippen LogP contribution is 2.15. The molecule has 3 N–H and O–H groups in total. The third-order valence-electron chi connectivity index (χ3n) is 5.58. The fourth-order valence-electron chi connectivity index (χ4n) is 3.84. The van der Waals surface area contributed by atoms with Crippen molar-refractivity contribution >= 4 is 34.1 Å². The predicted molar refractivity (Wildman–Crippen MR) is 129 cm³/mol. The zero-order valence-corrected chi connectivity index (χ0v) is 18.7. The Hall–Kier alpha value is -3.35. The van der Waals surface area contributed by atoms with Gasteiger partial charge in [-0.25, -0.2) is 0 Å². The van der Waals surface area contributed by atoms with E-state index in [4.69, 9.17) is 22.7 Å². The van der Waals surface area contributed by atoms with Crippen LogP contribution in [0.3, 0.4) is 0 Å². The van der Waals surface area contributed by atoms with Gasteiger partial charge in [-0.1, -0.05) is 35.9 Å². The molecule has 164 valence electrons. The predicted octanol–water partition coefficient (Wildman–Crippen LogP) is 4.17. The minimum atomic E-state index is -0.0523. The lowest BCUT2D eigenvalue weighted by Gasteiger charge is -2.17. The van der Waals surface area contributed by atoms with Gasteiger partial charge in [-0.15, -0.1) is 0 Å². The number of Topliss-reactive ketones (excluding diaryl/α,β-unsaturated/α-hetero) is 1. The number of ketones is 1. The van der Waals surface area contributed by atoms with Gasteiger partial charge in [0.1, 0.15) is 0 Å². The van der Waals surface area contributed by atoms with Gasteiger partial charge >= 0.3 is 0 Å². The summed E-state index contributed by atoms with van der Waals surface area (Å²) >= 11 is 5.94. The summed E-state index contributed by atoms with van der Waals surface area (Å²) in [5, 5.41) is 9.37. The van der Waals surface area contributed by atoms with E-state index in [-0.39, 0.29) is 12.3 Å². The number of para-hydroxylation sites is 2. The third-order valence-corrected chi connectivity index (χ3v) is 5.83. The van der Waals surface area contributed by atoms with Crippen LogP contribution in [-0.4, -0.2) is 33.4 Å². The molecule has 1 heterocycles. The Bertz CT molecular complexity index is 1290. The largest absolute Gasteiger partial charge is 0.399 e. The number of nitrogens with one attached hydrogen (secondary N) is 1. The SMILES string of the molecule is CN(CCn1c(=N)n(CC(=O)c2ccc(Cl)cc2)c2ccccc21)Cc1ccc(N)cc1. The highest BCUT2D eigenvalue weighted by Gasteiger charge is 2.15. The van der Waals surface area contributed by atoms with Crippen LogP contribution in [0.4, 0.5) is 5.69 Å². The van der Waals surface area contributed by atoms with Crippen molar-refractivity contribution < 1.29 is 4.79 Å². The van der Waals surface area contributed by atoms with Gasteiger partial charge in [-0.2, -0.15) is 0 Å². The number of nitrogens with two attached hydrogens (primary N) is 1. The Balaban J connectivity index is 1.54. The summed E-state index contributed by atoms with van der Waals surface area (Å²) in [6.45, 7) is 2.31. The molecule has 0 radical (unpaired) electrons. The average Bonchev–Trinajstić information content (AvgIpc) is 3.05. The molecule has 0 aliphatic heterocycles. The average molecular weight is 448 g/mol. The number of halogens is 1. The highest BCUT2D eigenvalue weighted by atomic mass is 35.5. The van der Waals surface area contributed by atoms with Gasteiger partial charge < -0.3 is 19.8 Å². The molecule has 0 amide bonds. The molecular weight excluding hydrogens is 422 g/mol. The number of carbonyl (C=O) groups is 1. The quantitative estimate of drug-likeness (QED) is 0.314. The lowest BCUT2D eigenvalue weighted by atomic mass is 10.1. The van der Waals surface area contributed by atoms with Gasteiger partial charge in [0.2, 0.25) is 5.62 Å². The van der Waals surface area contributed by atoms with E-state index in [9.17, 15) is 4.79 Å². The van der Waals surface area contributed by atoms with Gasteiger partial charge in [0.05, 0.1) is 17.6 Å². The topological polar surface area (TPSA) is 80.0 Å². The molecule has 0 fully saturated rings. The first-order valence-electron chi connectivity index (χ1n) is 10.5. The van der Waals surface area contributed by atoms with Crippen molar-refractivity contribution in [3.63, 3.8) is 0 Å². The Morgan fingerprint density at radius 2 is 1.59 bits per heavy atom. The minimum Gasteiger partial charge on any atom is -0.399 e.